The van der Waals surface area contributed by atoms with Crippen molar-refractivity contribution in [2.45, 2.75) is 19.9 Å². The van der Waals surface area contributed by atoms with E-state index in [1.165, 1.54) is 0 Å². The van der Waals surface area contributed by atoms with Gasteiger partial charge >= 0.3 is 0 Å². The molecule has 2 rings (SSSR count). The van der Waals surface area contributed by atoms with Crippen LogP contribution in [-0.4, -0.2) is 16.9 Å². The molecule has 0 aliphatic heterocycles. The highest BCUT2D eigenvalue weighted by Gasteiger charge is 2.11. The van der Waals surface area contributed by atoms with E-state index in [1.54, 1.807) is 6.07 Å². The Bertz CT molecular complexity index is 531. The molecule has 3 nitrogen and oxygen atoms in total. The first kappa shape index (κ1) is 11.0. The Balaban J connectivity index is 2.40. The standard InChI is InChI=1S/C12H13ClN2O/c1-7(2)14-12(16)11-6-8-9(13)4-3-5-10(8)15-11/h3-7,15H,1-2H3,(H,14,16). The van der Waals surface area contributed by atoms with E-state index in [2.05, 4.69) is 10.3 Å². The van der Waals surface area contributed by atoms with E-state index in [1.807, 2.05) is 32.0 Å². The number of hydrogen-bond donors (Lipinski definition) is 2. The minimum absolute atomic E-state index is 0.109. The van der Waals surface area contributed by atoms with Gasteiger partial charge < -0.3 is 10.3 Å². The number of rotatable bonds is 2. The lowest BCUT2D eigenvalue weighted by atomic mass is 10.2. The van der Waals surface area contributed by atoms with Gasteiger partial charge in [0.2, 0.25) is 0 Å². The van der Waals surface area contributed by atoms with Gasteiger partial charge in [0.1, 0.15) is 5.69 Å². The number of benzene rings is 1. The summed E-state index contributed by atoms with van der Waals surface area (Å²) < 4.78 is 0. The highest BCUT2D eigenvalue weighted by molar-refractivity contribution is 6.35. The van der Waals surface area contributed by atoms with Gasteiger partial charge in [-0.05, 0) is 32.0 Å². The zero-order valence-corrected chi connectivity index (χ0v) is 9.93. The SMILES string of the molecule is CC(C)NC(=O)c1cc2c(Cl)cccc2[nH]1. The van der Waals surface area contributed by atoms with E-state index in [0.29, 0.717) is 10.7 Å². The number of fused-ring (bicyclic) bond motifs is 1. The number of nitrogens with one attached hydrogen (secondary N) is 2. The molecule has 0 aliphatic carbocycles. The Hall–Kier alpha value is -1.48. The molecule has 1 amide bonds. The van der Waals surface area contributed by atoms with Gasteiger partial charge in [0.25, 0.3) is 5.91 Å². The van der Waals surface area contributed by atoms with Gasteiger partial charge in [0.15, 0.2) is 0 Å². The topological polar surface area (TPSA) is 44.9 Å². The molecule has 0 bridgehead atoms. The maximum atomic E-state index is 11.8. The van der Waals surface area contributed by atoms with Crippen molar-refractivity contribution in [1.82, 2.24) is 10.3 Å². The molecule has 1 aromatic carbocycles. The number of aromatic nitrogens is 1. The van der Waals surface area contributed by atoms with Gasteiger partial charge in [-0.1, -0.05) is 17.7 Å². The second kappa shape index (κ2) is 4.18. The summed E-state index contributed by atoms with van der Waals surface area (Å²) in [6.45, 7) is 3.85. The molecule has 2 aromatic rings. The summed E-state index contributed by atoms with van der Waals surface area (Å²) in [5.41, 5.74) is 1.42. The molecule has 0 radical (unpaired) electrons. The van der Waals surface area contributed by atoms with Gasteiger partial charge in [-0.15, -0.1) is 0 Å². The van der Waals surface area contributed by atoms with Gasteiger partial charge in [-0.25, -0.2) is 0 Å². The average molecular weight is 237 g/mol. The zero-order valence-electron chi connectivity index (χ0n) is 9.17. The van der Waals surface area contributed by atoms with Crippen molar-refractivity contribution < 1.29 is 4.79 Å². The third-order valence-electron chi connectivity index (χ3n) is 2.28. The fourth-order valence-corrected chi connectivity index (χ4v) is 1.81. The van der Waals surface area contributed by atoms with E-state index in [-0.39, 0.29) is 11.9 Å². The first-order valence-electron chi connectivity index (χ1n) is 5.16. The molecule has 4 heteroatoms. The highest BCUT2D eigenvalue weighted by atomic mass is 35.5. The summed E-state index contributed by atoms with van der Waals surface area (Å²) in [7, 11) is 0. The molecule has 0 unspecified atom stereocenters. The Morgan fingerprint density at radius 1 is 1.44 bits per heavy atom. The Kier molecular flexibility index (Phi) is 2.88. The molecule has 1 aromatic heterocycles. The largest absolute Gasteiger partial charge is 0.350 e. The summed E-state index contributed by atoms with van der Waals surface area (Å²) in [6, 6.07) is 7.45. The quantitative estimate of drug-likeness (QED) is 0.827. The smallest absolute Gasteiger partial charge is 0.267 e. The van der Waals surface area contributed by atoms with Crippen LogP contribution in [0.15, 0.2) is 24.3 Å². The van der Waals surface area contributed by atoms with Crippen LogP contribution in [0.2, 0.25) is 5.02 Å². The number of hydrogen-bond acceptors (Lipinski definition) is 1. The van der Waals surface area contributed by atoms with Gasteiger partial charge in [-0.3, -0.25) is 4.79 Å². The summed E-state index contributed by atoms with van der Waals surface area (Å²) >= 11 is 6.03. The summed E-state index contributed by atoms with van der Waals surface area (Å²) in [6.07, 6.45) is 0. The Morgan fingerprint density at radius 2 is 2.19 bits per heavy atom. The number of aromatic amines is 1. The zero-order chi connectivity index (χ0) is 11.7. The maximum absolute atomic E-state index is 11.8. The predicted molar refractivity (Wildman–Crippen MR) is 65.9 cm³/mol. The van der Waals surface area contributed by atoms with Crippen molar-refractivity contribution in [2.75, 3.05) is 0 Å². The Morgan fingerprint density at radius 3 is 2.81 bits per heavy atom. The number of amides is 1. The molecule has 0 fully saturated rings. The molecule has 1 heterocycles. The number of carbonyl (C=O) groups is 1. The van der Waals surface area contributed by atoms with Crippen LogP contribution < -0.4 is 5.32 Å². The van der Waals surface area contributed by atoms with Gasteiger partial charge in [0, 0.05) is 22.0 Å². The van der Waals surface area contributed by atoms with Crippen LogP contribution in [0.3, 0.4) is 0 Å². The lowest BCUT2D eigenvalue weighted by Gasteiger charge is -2.05. The van der Waals surface area contributed by atoms with Crippen LogP contribution in [-0.2, 0) is 0 Å². The second-order valence-corrected chi connectivity index (χ2v) is 4.42. The number of halogens is 1. The predicted octanol–water partition coefficient (Wildman–Crippen LogP) is 2.96. The molecule has 0 saturated heterocycles. The first-order chi connectivity index (χ1) is 7.58. The van der Waals surface area contributed by atoms with Crippen molar-refractivity contribution in [3.05, 3.63) is 35.0 Å². The molecular weight excluding hydrogens is 224 g/mol. The fourth-order valence-electron chi connectivity index (χ4n) is 1.58. The van der Waals surface area contributed by atoms with Gasteiger partial charge in [0.05, 0.1) is 0 Å². The van der Waals surface area contributed by atoms with E-state index in [9.17, 15) is 4.79 Å². The molecule has 2 N–H and O–H groups in total. The van der Waals surface area contributed by atoms with Crippen LogP contribution in [0.1, 0.15) is 24.3 Å². The summed E-state index contributed by atoms with van der Waals surface area (Å²) in [5, 5.41) is 4.35. The molecule has 0 spiro atoms. The van der Waals surface area contributed by atoms with Crippen LogP contribution in [0, 0.1) is 0 Å². The third-order valence-corrected chi connectivity index (χ3v) is 2.60. The maximum Gasteiger partial charge on any atom is 0.267 e. The summed E-state index contributed by atoms with van der Waals surface area (Å²) in [5.74, 6) is -0.109. The minimum Gasteiger partial charge on any atom is -0.350 e. The van der Waals surface area contributed by atoms with Crippen LogP contribution in [0.5, 0.6) is 0 Å². The normalized spacial score (nSPS) is 11.0. The lowest BCUT2D eigenvalue weighted by molar-refractivity contribution is 0.0939. The number of carbonyl (C=O) groups excluding carboxylic acids is 1. The Labute approximate surface area is 98.8 Å². The van der Waals surface area contributed by atoms with Crippen LogP contribution >= 0.6 is 11.6 Å². The lowest BCUT2D eigenvalue weighted by Crippen LogP contribution is -2.30. The molecule has 0 aliphatic rings. The van der Waals surface area contributed by atoms with E-state index in [0.717, 1.165) is 10.9 Å². The molecule has 84 valence electrons. The highest BCUT2D eigenvalue weighted by Crippen LogP contribution is 2.23. The van der Waals surface area contributed by atoms with Crippen molar-refractivity contribution in [3.8, 4) is 0 Å². The van der Waals surface area contributed by atoms with Gasteiger partial charge in [-0.2, -0.15) is 0 Å². The first-order valence-corrected chi connectivity index (χ1v) is 5.54. The second-order valence-electron chi connectivity index (χ2n) is 4.01. The van der Waals surface area contributed by atoms with Crippen molar-refractivity contribution in [1.29, 1.82) is 0 Å². The van der Waals surface area contributed by atoms with Crippen molar-refractivity contribution in [2.24, 2.45) is 0 Å². The third kappa shape index (κ3) is 2.04. The van der Waals surface area contributed by atoms with Crippen molar-refractivity contribution >= 4 is 28.4 Å². The van der Waals surface area contributed by atoms with Crippen LogP contribution in [0.4, 0.5) is 0 Å². The fraction of sp³-hybridized carbons (Fsp3) is 0.250. The molecule has 16 heavy (non-hydrogen) atoms. The van der Waals surface area contributed by atoms with E-state index >= 15 is 0 Å². The minimum atomic E-state index is -0.109. The molecule has 0 saturated carbocycles. The van der Waals surface area contributed by atoms with E-state index < -0.39 is 0 Å². The monoisotopic (exact) mass is 236 g/mol. The van der Waals surface area contributed by atoms with Crippen molar-refractivity contribution in [3.63, 3.8) is 0 Å². The van der Waals surface area contributed by atoms with E-state index in [4.69, 9.17) is 11.6 Å². The summed E-state index contributed by atoms with van der Waals surface area (Å²) in [4.78, 5) is 14.8. The van der Waals surface area contributed by atoms with Crippen LogP contribution in [0.25, 0.3) is 10.9 Å². The number of H-pyrrole nitrogens is 1. The molecular formula is C12H13ClN2O. The average Bonchev–Trinajstić information content (AvgIpc) is 2.61. The molecule has 0 atom stereocenters.